The number of likely N-dealkylation sites (tertiary alicyclic amines) is 1. The van der Waals surface area contributed by atoms with Gasteiger partial charge in [-0.2, -0.15) is 0 Å². The molecule has 7 nitrogen and oxygen atoms in total. The number of rotatable bonds is 8. The first kappa shape index (κ1) is 26.0. The van der Waals surface area contributed by atoms with Crippen LogP contribution in [0.2, 0.25) is 0 Å². The molecule has 34 heavy (non-hydrogen) atoms. The first-order valence-corrected chi connectivity index (χ1v) is 13.3. The van der Waals surface area contributed by atoms with E-state index >= 15 is 0 Å². The number of ether oxygens (including phenoxy) is 2. The number of sulfonamides is 1. The second kappa shape index (κ2) is 10.8. The zero-order valence-electron chi connectivity index (χ0n) is 21.0. The van der Waals surface area contributed by atoms with Gasteiger partial charge in [0.05, 0.1) is 24.7 Å². The molecule has 0 aromatic heterocycles. The summed E-state index contributed by atoms with van der Waals surface area (Å²) < 4.78 is 40.3. The summed E-state index contributed by atoms with van der Waals surface area (Å²) >= 11 is 0. The molecule has 3 rings (SSSR count). The van der Waals surface area contributed by atoms with Crippen molar-refractivity contribution < 1.29 is 22.7 Å². The summed E-state index contributed by atoms with van der Waals surface area (Å²) in [7, 11) is -0.773. The Bertz CT molecular complexity index is 1140. The molecule has 186 valence electrons. The van der Waals surface area contributed by atoms with Crippen LogP contribution in [0.4, 0.5) is 0 Å². The second-order valence-corrected chi connectivity index (χ2v) is 10.9. The monoisotopic (exact) mass is 488 g/mol. The normalized spacial score (nSPS) is 15.3. The number of carbonyl (C=O) groups is 1. The predicted molar refractivity (Wildman–Crippen MR) is 133 cm³/mol. The maximum Gasteiger partial charge on any atom is 0.257 e. The summed E-state index contributed by atoms with van der Waals surface area (Å²) in [6.07, 6.45) is 3.00. The van der Waals surface area contributed by atoms with Crippen LogP contribution in [0.5, 0.6) is 11.5 Å². The first-order chi connectivity index (χ1) is 16.1. The molecule has 1 heterocycles. The van der Waals surface area contributed by atoms with Gasteiger partial charge in [0.15, 0.2) is 0 Å². The SMILES string of the molecule is COc1ccc(S(=O)(=O)N[C@H](C)c2cc(C(C)C)c(OC)cc2C)cc1C(=O)N1CCCCC1. The average Bonchev–Trinajstić information content (AvgIpc) is 2.82. The van der Waals surface area contributed by atoms with Crippen molar-refractivity contribution in [3.8, 4) is 11.5 Å². The lowest BCUT2D eigenvalue weighted by atomic mass is 9.94. The van der Waals surface area contributed by atoms with Crippen molar-refractivity contribution in [3.05, 3.63) is 52.6 Å². The fourth-order valence-electron chi connectivity index (χ4n) is 4.46. The molecule has 1 atom stereocenters. The van der Waals surface area contributed by atoms with E-state index in [4.69, 9.17) is 9.47 Å². The summed E-state index contributed by atoms with van der Waals surface area (Å²) in [5, 5.41) is 0. The van der Waals surface area contributed by atoms with Crippen molar-refractivity contribution in [3.63, 3.8) is 0 Å². The van der Waals surface area contributed by atoms with Crippen LogP contribution in [-0.2, 0) is 10.0 Å². The fraction of sp³-hybridized carbons (Fsp3) is 0.500. The lowest BCUT2D eigenvalue weighted by molar-refractivity contribution is 0.0720. The van der Waals surface area contributed by atoms with Crippen LogP contribution in [-0.4, -0.2) is 46.5 Å². The number of hydrogen-bond acceptors (Lipinski definition) is 5. The number of aryl methyl sites for hydroxylation is 1. The average molecular weight is 489 g/mol. The molecule has 1 N–H and O–H groups in total. The van der Waals surface area contributed by atoms with Crippen LogP contribution < -0.4 is 14.2 Å². The molecule has 1 fully saturated rings. The fourth-order valence-corrected chi connectivity index (χ4v) is 5.71. The van der Waals surface area contributed by atoms with Gasteiger partial charge in [-0.05, 0) is 86.1 Å². The second-order valence-electron chi connectivity index (χ2n) is 9.16. The molecule has 1 aliphatic rings. The number of amides is 1. The third kappa shape index (κ3) is 5.55. The Balaban J connectivity index is 1.92. The highest BCUT2D eigenvalue weighted by Crippen LogP contribution is 2.33. The molecule has 0 saturated carbocycles. The topological polar surface area (TPSA) is 84.9 Å². The molecule has 1 amide bonds. The van der Waals surface area contributed by atoms with Crippen LogP contribution in [0.15, 0.2) is 35.2 Å². The minimum Gasteiger partial charge on any atom is -0.496 e. The van der Waals surface area contributed by atoms with Crippen LogP contribution in [0.3, 0.4) is 0 Å². The number of methoxy groups -OCH3 is 2. The number of piperidine rings is 1. The summed E-state index contributed by atoms with van der Waals surface area (Å²) in [6.45, 7) is 9.25. The van der Waals surface area contributed by atoms with Gasteiger partial charge in [0, 0.05) is 19.1 Å². The Morgan fingerprint density at radius 3 is 2.18 bits per heavy atom. The standard InChI is InChI=1S/C26H36N2O5S/c1-17(2)21-16-22(18(3)14-25(21)33-6)19(4)27-34(30,31)20-10-11-24(32-5)23(15-20)26(29)28-12-8-7-9-13-28/h10-11,14-17,19,27H,7-9,12-13H2,1-6H3/t19-/m1/s1. The minimum absolute atomic E-state index is 0.0377. The lowest BCUT2D eigenvalue weighted by Gasteiger charge is -2.27. The highest BCUT2D eigenvalue weighted by molar-refractivity contribution is 7.89. The molecule has 2 aromatic rings. The van der Waals surface area contributed by atoms with E-state index < -0.39 is 16.1 Å². The third-order valence-electron chi connectivity index (χ3n) is 6.39. The summed E-state index contributed by atoms with van der Waals surface area (Å²) in [6, 6.07) is 7.92. The van der Waals surface area contributed by atoms with Crippen molar-refractivity contribution in [1.82, 2.24) is 9.62 Å². The van der Waals surface area contributed by atoms with Gasteiger partial charge >= 0.3 is 0 Å². The molecule has 0 aliphatic carbocycles. The van der Waals surface area contributed by atoms with E-state index in [-0.39, 0.29) is 22.3 Å². The molecule has 0 unspecified atom stereocenters. The van der Waals surface area contributed by atoms with E-state index in [0.29, 0.717) is 18.8 Å². The van der Waals surface area contributed by atoms with Gasteiger partial charge in [0.25, 0.3) is 5.91 Å². The Morgan fingerprint density at radius 2 is 1.59 bits per heavy atom. The zero-order valence-corrected chi connectivity index (χ0v) is 21.8. The Morgan fingerprint density at radius 1 is 0.941 bits per heavy atom. The van der Waals surface area contributed by atoms with Gasteiger partial charge < -0.3 is 14.4 Å². The van der Waals surface area contributed by atoms with Gasteiger partial charge in [0.2, 0.25) is 10.0 Å². The maximum atomic E-state index is 13.3. The van der Waals surface area contributed by atoms with Crippen molar-refractivity contribution in [2.24, 2.45) is 0 Å². The van der Waals surface area contributed by atoms with Crippen LogP contribution in [0, 0.1) is 6.92 Å². The van der Waals surface area contributed by atoms with Gasteiger partial charge in [-0.15, -0.1) is 0 Å². The van der Waals surface area contributed by atoms with Gasteiger partial charge in [-0.1, -0.05) is 13.8 Å². The zero-order chi connectivity index (χ0) is 25.0. The largest absolute Gasteiger partial charge is 0.496 e. The highest BCUT2D eigenvalue weighted by Gasteiger charge is 2.26. The van der Waals surface area contributed by atoms with Gasteiger partial charge in [-0.25, -0.2) is 13.1 Å². The third-order valence-corrected chi connectivity index (χ3v) is 7.93. The molecular weight excluding hydrogens is 452 g/mol. The smallest absolute Gasteiger partial charge is 0.257 e. The lowest BCUT2D eigenvalue weighted by Crippen LogP contribution is -2.36. The predicted octanol–water partition coefficient (Wildman–Crippen LogP) is 4.80. The molecule has 0 spiro atoms. The van der Waals surface area contributed by atoms with Gasteiger partial charge in [0.1, 0.15) is 11.5 Å². The van der Waals surface area contributed by atoms with Crippen LogP contribution >= 0.6 is 0 Å². The number of nitrogens with zero attached hydrogens (tertiary/aromatic N) is 1. The Kier molecular flexibility index (Phi) is 8.25. The van der Waals surface area contributed by atoms with Gasteiger partial charge in [-0.3, -0.25) is 4.79 Å². The summed E-state index contributed by atoms with van der Waals surface area (Å²) in [4.78, 5) is 14.9. The van der Waals surface area contributed by atoms with E-state index in [1.54, 1.807) is 18.1 Å². The Labute approximate surface area is 203 Å². The van der Waals surface area contributed by atoms with E-state index in [0.717, 1.165) is 41.7 Å². The van der Waals surface area contributed by atoms with Crippen molar-refractivity contribution in [2.45, 2.75) is 63.8 Å². The quantitative estimate of drug-likeness (QED) is 0.577. The molecule has 8 heteroatoms. The van der Waals surface area contributed by atoms with Crippen molar-refractivity contribution >= 4 is 15.9 Å². The summed E-state index contributed by atoms with van der Waals surface area (Å²) in [5.74, 6) is 1.19. The number of nitrogens with one attached hydrogen (secondary N) is 1. The minimum atomic E-state index is -3.89. The Hall–Kier alpha value is -2.58. The highest BCUT2D eigenvalue weighted by atomic mass is 32.2. The summed E-state index contributed by atoms with van der Waals surface area (Å²) in [5.41, 5.74) is 3.11. The van der Waals surface area contributed by atoms with E-state index in [2.05, 4.69) is 18.6 Å². The van der Waals surface area contributed by atoms with Crippen molar-refractivity contribution in [2.75, 3.05) is 27.3 Å². The molecule has 1 aliphatic heterocycles. The van der Waals surface area contributed by atoms with Crippen LogP contribution in [0.1, 0.15) is 79.0 Å². The van der Waals surface area contributed by atoms with E-state index in [9.17, 15) is 13.2 Å². The van der Waals surface area contributed by atoms with E-state index in [1.165, 1.54) is 19.2 Å². The molecule has 2 aromatic carbocycles. The molecular formula is C26H36N2O5S. The van der Waals surface area contributed by atoms with Crippen molar-refractivity contribution in [1.29, 1.82) is 0 Å². The maximum absolute atomic E-state index is 13.3. The molecule has 1 saturated heterocycles. The number of benzene rings is 2. The van der Waals surface area contributed by atoms with E-state index in [1.807, 2.05) is 26.0 Å². The number of hydrogen-bond donors (Lipinski definition) is 1. The number of carbonyl (C=O) groups excluding carboxylic acids is 1. The first-order valence-electron chi connectivity index (χ1n) is 11.8. The molecule has 0 radical (unpaired) electrons. The molecule has 0 bridgehead atoms. The van der Waals surface area contributed by atoms with Crippen LogP contribution in [0.25, 0.3) is 0 Å².